The van der Waals surface area contributed by atoms with Gasteiger partial charge in [0.1, 0.15) is 11.7 Å². The van der Waals surface area contributed by atoms with Crippen LogP contribution in [0.3, 0.4) is 0 Å². The quantitative estimate of drug-likeness (QED) is 0.291. The fourth-order valence-electron chi connectivity index (χ4n) is 0.496. The van der Waals surface area contributed by atoms with Crippen LogP contribution in [0, 0.1) is 0 Å². The Morgan fingerprint density at radius 1 is 1.58 bits per heavy atom. The Bertz CT molecular complexity index is 311. The number of carbonyl (C=O) groups excluding carboxylic acids is 2. The number of nitrogens with zero attached hydrogens (tertiary/aromatic N) is 1. The topological polar surface area (TPSA) is 96.1 Å². The minimum absolute atomic E-state index is 0. The number of nitrogens with two attached hydrogens (primary N) is 1. The van der Waals surface area contributed by atoms with Crippen LogP contribution in [0.25, 0.3) is 0 Å². The Morgan fingerprint density at radius 3 is 2.50 bits per heavy atom. The van der Waals surface area contributed by atoms with E-state index in [1.807, 2.05) is 0 Å². The number of carboxylic acid groups (broad SMARTS) is 1. The molecule has 1 heterocycles. The average Bonchev–Trinajstić information content (AvgIpc) is 2.34. The fraction of sp³-hybridized carbons (Fsp3) is 0. The molecule has 0 unspecified atom stereocenters. The van der Waals surface area contributed by atoms with Gasteiger partial charge in [-0.3, -0.25) is 4.79 Å². The van der Waals surface area contributed by atoms with Gasteiger partial charge in [-0.05, 0) is 0 Å². The van der Waals surface area contributed by atoms with E-state index >= 15 is 0 Å². The molecule has 0 spiro atoms. The molecular weight excluding hydrogens is 191 g/mol. The average molecular weight is 194 g/mol. The van der Waals surface area contributed by atoms with Crippen LogP contribution >= 0.6 is 11.3 Å². The molecular formula is C5H3N2NaO3S. The van der Waals surface area contributed by atoms with Crippen LogP contribution in [0.2, 0.25) is 0 Å². The van der Waals surface area contributed by atoms with E-state index in [0.717, 1.165) is 11.3 Å². The van der Waals surface area contributed by atoms with Gasteiger partial charge in [-0.25, -0.2) is 4.98 Å². The summed E-state index contributed by atoms with van der Waals surface area (Å²) in [5.41, 5.74) is 4.98. The number of aliphatic carboxylic acids is 1. The van der Waals surface area contributed by atoms with Gasteiger partial charge in [0.05, 0.1) is 0 Å². The van der Waals surface area contributed by atoms with Crippen LogP contribution in [0.15, 0.2) is 5.38 Å². The second-order valence-electron chi connectivity index (χ2n) is 1.69. The van der Waals surface area contributed by atoms with Crippen LogP contribution in [-0.2, 0) is 4.79 Å². The molecule has 1 aromatic heterocycles. The molecule has 0 aliphatic heterocycles. The number of ketones is 1. The summed E-state index contributed by atoms with van der Waals surface area (Å²) in [5, 5.41) is 11.4. The zero-order valence-corrected chi connectivity index (χ0v) is 9.05. The SMILES string of the molecule is Nc1nc(C(=O)C(=O)[O-])cs1.[Na+]. The number of aromatic nitrogens is 1. The summed E-state index contributed by atoms with van der Waals surface area (Å²) in [7, 11) is 0. The van der Waals surface area contributed by atoms with E-state index in [4.69, 9.17) is 5.73 Å². The molecule has 0 atom stereocenters. The Hall–Kier alpha value is -0.430. The first kappa shape index (κ1) is 11.6. The molecule has 2 N–H and O–H groups in total. The van der Waals surface area contributed by atoms with Gasteiger partial charge in [0.25, 0.3) is 0 Å². The van der Waals surface area contributed by atoms with Gasteiger partial charge in [-0.1, -0.05) is 0 Å². The van der Waals surface area contributed by atoms with Crippen molar-refractivity contribution in [3.63, 3.8) is 0 Å². The van der Waals surface area contributed by atoms with Crippen molar-refractivity contribution in [3.05, 3.63) is 11.1 Å². The van der Waals surface area contributed by atoms with Crippen molar-refractivity contribution in [2.75, 3.05) is 5.73 Å². The zero-order chi connectivity index (χ0) is 8.43. The summed E-state index contributed by atoms with van der Waals surface area (Å²) < 4.78 is 0. The summed E-state index contributed by atoms with van der Waals surface area (Å²) in [6, 6.07) is 0. The molecule has 0 aliphatic carbocycles. The summed E-state index contributed by atoms with van der Waals surface area (Å²) >= 11 is 1.00. The molecule has 1 rings (SSSR count). The van der Waals surface area contributed by atoms with E-state index in [1.54, 1.807) is 0 Å². The molecule has 0 fully saturated rings. The molecule has 0 aromatic carbocycles. The fourth-order valence-corrected chi connectivity index (χ4v) is 1.04. The van der Waals surface area contributed by atoms with Crippen LogP contribution in [-0.4, -0.2) is 16.7 Å². The van der Waals surface area contributed by atoms with Gasteiger partial charge >= 0.3 is 29.6 Å². The molecule has 0 amide bonds. The minimum Gasteiger partial charge on any atom is -0.541 e. The molecule has 12 heavy (non-hydrogen) atoms. The molecule has 0 saturated heterocycles. The first-order valence-electron chi connectivity index (χ1n) is 2.58. The van der Waals surface area contributed by atoms with E-state index in [2.05, 4.69) is 4.98 Å². The van der Waals surface area contributed by atoms with E-state index in [1.165, 1.54) is 5.38 Å². The van der Waals surface area contributed by atoms with Crippen molar-refractivity contribution in [1.82, 2.24) is 4.98 Å². The Morgan fingerprint density at radius 2 is 2.17 bits per heavy atom. The normalized spacial score (nSPS) is 8.67. The molecule has 0 radical (unpaired) electrons. The second kappa shape index (κ2) is 4.56. The number of carbonyl (C=O) groups is 2. The standard InChI is InChI=1S/C5H4N2O3S.Na/c6-5-7-2(1-11-5)3(8)4(9)10;/h1H,(H2,6,7)(H,9,10);/q;+1/p-1. The van der Waals surface area contributed by atoms with Crippen molar-refractivity contribution in [2.24, 2.45) is 0 Å². The predicted octanol–water partition coefficient (Wildman–Crippen LogP) is -4.34. The third-order valence-corrected chi connectivity index (χ3v) is 1.61. The molecule has 1 aromatic rings. The maximum Gasteiger partial charge on any atom is 1.00 e. The van der Waals surface area contributed by atoms with Crippen LogP contribution in [0.1, 0.15) is 10.5 Å². The van der Waals surface area contributed by atoms with Gasteiger partial charge in [0.15, 0.2) is 5.13 Å². The van der Waals surface area contributed by atoms with Crippen molar-refractivity contribution < 1.29 is 44.3 Å². The molecule has 0 bridgehead atoms. The number of hydrogen-bond acceptors (Lipinski definition) is 6. The Kier molecular flexibility index (Phi) is 4.40. The van der Waals surface area contributed by atoms with Crippen molar-refractivity contribution in [2.45, 2.75) is 0 Å². The predicted molar refractivity (Wildman–Crippen MR) is 35.9 cm³/mol. The summed E-state index contributed by atoms with van der Waals surface area (Å²) in [6.07, 6.45) is 0. The Labute approximate surface area is 93.9 Å². The number of nitrogen functional groups attached to an aromatic ring is 1. The first-order valence-corrected chi connectivity index (χ1v) is 3.46. The summed E-state index contributed by atoms with van der Waals surface area (Å²) in [5.74, 6) is -2.91. The summed E-state index contributed by atoms with van der Waals surface area (Å²) in [6.45, 7) is 0. The number of carboxylic acids is 1. The molecule has 7 heteroatoms. The van der Waals surface area contributed by atoms with E-state index in [0.29, 0.717) is 0 Å². The van der Waals surface area contributed by atoms with Crippen LogP contribution < -0.4 is 40.4 Å². The summed E-state index contributed by atoms with van der Waals surface area (Å²) in [4.78, 5) is 24.0. The van der Waals surface area contributed by atoms with Crippen LogP contribution in [0.4, 0.5) is 5.13 Å². The number of hydrogen-bond donors (Lipinski definition) is 1. The number of rotatable bonds is 2. The second-order valence-corrected chi connectivity index (χ2v) is 2.58. The van der Waals surface area contributed by atoms with Gasteiger partial charge < -0.3 is 15.6 Å². The zero-order valence-electron chi connectivity index (χ0n) is 6.23. The first-order chi connectivity index (χ1) is 5.11. The monoisotopic (exact) mass is 194 g/mol. The number of thiazole rings is 1. The van der Waals surface area contributed by atoms with Gasteiger partial charge in [-0.15, -0.1) is 11.3 Å². The maximum absolute atomic E-state index is 10.6. The van der Waals surface area contributed by atoms with Gasteiger partial charge in [0, 0.05) is 5.38 Å². The third kappa shape index (κ3) is 2.56. The smallest absolute Gasteiger partial charge is 0.541 e. The maximum atomic E-state index is 10.6. The van der Waals surface area contributed by atoms with Gasteiger partial charge in [0.2, 0.25) is 5.78 Å². The van der Waals surface area contributed by atoms with E-state index in [9.17, 15) is 14.7 Å². The number of anilines is 1. The molecule has 58 valence electrons. The van der Waals surface area contributed by atoms with Crippen LogP contribution in [0.5, 0.6) is 0 Å². The molecule has 5 nitrogen and oxygen atoms in total. The number of Topliss-reactive ketones (excluding diaryl/α,β-unsaturated/α-hetero) is 1. The Balaban J connectivity index is 0.00000121. The molecule has 0 saturated carbocycles. The van der Waals surface area contributed by atoms with Crippen molar-refractivity contribution >= 4 is 28.2 Å². The van der Waals surface area contributed by atoms with Crippen molar-refractivity contribution in [1.29, 1.82) is 0 Å². The van der Waals surface area contributed by atoms with Gasteiger partial charge in [-0.2, -0.15) is 0 Å². The molecule has 0 aliphatic rings. The largest absolute Gasteiger partial charge is 1.00 e. The van der Waals surface area contributed by atoms with E-state index < -0.39 is 11.8 Å². The minimum atomic E-state index is -1.77. The van der Waals surface area contributed by atoms with Crippen molar-refractivity contribution in [3.8, 4) is 0 Å². The third-order valence-electron chi connectivity index (χ3n) is 0.940. The van der Waals surface area contributed by atoms with E-state index in [-0.39, 0.29) is 40.4 Å².